The fourth-order valence-electron chi connectivity index (χ4n) is 3.06. The Balaban J connectivity index is 1.68. The largest absolute Gasteiger partial charge is 0.355 e. The van der Waals surface area contributed by atoms with Gasteiger partial charge in [-0.05, 0) is 34.8 Å². The fourth-order valence-corrected chi connectivity index (χ4v) is 3.82. The SMILES string of the molecule is CN(c1ncc(Br)cc1Cl)C1CCC2(CC1)OCCO2. The predicted octanol–water partition coefficient (Wildman–Crippen LogP) is 3.62. The van der Waals surface area contributed by atoms with Crippen molar-refractivity contribution in [2.24, 2.45) is 0 Å². The number of hydrogen-bond acceptors (Lipinski definition) is 4. The Labute approximate surface area is 132 Å². The Hall–Kier alpha value is -0.360. The Morgan fingerprint density at radius 2 is 2.00 bits per heavy atom. The quantitative estimate of drug-likeness (QED) is 0.806. The van der Waals surface area contributed by atoms with Crippen molar-refractivity contribution in [2.45, 2.75) is 37.5 Å². The van der Waals surface area contributed by atoms with Crippen LogP contribution < -0.4 is 4.90 Å². The molecule has 2 fully saturated rings. The van der Waals surface area contributed by atoms with E-state index in [2.05, 4.69) is 32.9 Å². The maximum atomic E-state index is 6.28. The van der Waals surface area contributed by atoms with Gasteiger partial charge >= 0.3 is 0 Å². The zero-order chi connectivity index (χ0) is 14.2. The summed E-state index contributed by atoms with van der Waals surface area (Å²) in [5.41, 5.74) is 0. The first-order chi connectivity index (χ1) is 9.60. The molecule has 2 heterocycles. The maximum Gasteiger partial charge on any atom is 0.168 e. The Morgan fingerprint density at radius 1 is 1.35 bits per heavy atom. The van der Waals surface area contributed by atoms with Crippen LogP contribution in [0.2, 0.25) is 5.02 Å². The van der Waals surface area contributed by atoms with Crippen molar-refractivity contribution >= 4 is 33.3 Å². The van der Waals surface area contributed by atoms with Crippen molar-refractivity contribution < 1.29 is 9.47 Å². The van der Waals surface area contributed by atoms with Crippen LogP contribution in [0.1, 0.15) is 25.7 Å². The van der Waals surface area contributed by atoms with Gasteiger partial charge in [0.25, 0.3) is 0 Å². The first-order valence-electron chi connectivity index (χ1n) is 6.91. The molecular weight excluding hydrogens is 344 g/mol. The smallest absolute Gasteiger partial charge is 0.168 e. The first kappa shape index (κ1) is 14.6. The molecule has 1 aliphatic heterocycles. The number of pyridine rings is 1. The Kier molecular flexibility index (Phi) is 4.22. The summed E-state index contributed by atoms with van der Waals surface area (Å²) < 4.78 is 12.4. The van der Waals surface area contributed by atoms with Gasteiger partial charge in [-0.15, -0.1) is 0 Å². The van der Waals surface area contributed by atoms with Crippen molar-refractivity contribution in [3.05, 3.63) is 21.8 Å². The molecule has 0 bridgehead atoms. The lowest BCUT2D eigenvalue weighted by molar-refractivity contribution is -0.178. The molecule has 0 amide bonds. The third kappa shape index (κ3) is 2.82. The number of hydrogen-bond donors (Lipinski definition) is 0. The molecular formula is C14H18BrClN2O2. The average Bonchev–Trinajstić information content (AvgIpc) is 2.87. The van der Waals surface area contributed by atoms with Crippen LogP contribution in [0.4, 0.5) is 5.82 Å². The number of anilines is 1. The molecule has 1 spiro atoms. The molecule has 6 heteroatoms. The van der Waals surface area contributed by atoms with Gasteiger partial charge in [-0.1, -0.05) is 11.6 Å². The summed E-state index contributed by atoms with van der Waals surface area (Å²) in [6.45, 7) is 1.45. The number of aromatic nitrogens is 1. The minimum absolute atomic E-state index is 0.311. The van der Waals surface area contributed by atoms with Gasteiger partial charge in [0.05, 0.1) is 18.2 Å². The van der Waals surface area contributed by atoms with Crippen molar-refractivity contribution in [3.63, 3.8) is 0 Å². The average molecular weight is 362 g/mol. The van der Waals surface area contributed by atoms with Crippen molar-refractivity contribution in [1.29, 1.82) is 0 Å². The molecule has 2 aliphatic rings. The molecule has 0 aromatic carbocycles. The highest BCUT2D eigenvalue weighted by molar-refractivity contribution is 9.10. The van der Waals surface area contributed by atoms with E-state index in [4.69, 9.17) is 21.1 Å². The van der Waals surface area contributed by atoms with E-state index in [9.17, 15) is 0 Å². The second-order valence-corrected chi connectivity index (χ2v) is 6.73. The molecule has 4 nitrogen and oxygen atoms in total. The van der Waals surface area contributed by atoms with Crippen LogP contribution in [-0.2, 0) is 9.47 Å². The molecule has 1 aromatic heterocycles. The minimum Gasteiger partial charge on any atom is -0.355 e. The van der Waals surface area contributed by atoms with Gasteiger partial charge in [0.2, 0.25) is 0 Å². The van der Waals surface area contributed by atoms with Crippen LogP contribution in [0.5, 0.6) is 0 Å². The van der Waals surface area contributed by atoms with E-state index in [-0.39, 0.29) is 5.79 Å². The molecule has 20 heavy (non-hydrogen) atoms. The molecule has 1 aliphatic carbocycles. The van der Waals surface area contributed by atoms with Gasteiger partial charge in [0.1, 0.15) is 5.82 Å². The third-order valence-corrected chi connectivity index (χ3v) is 4.91. The zero-order valence-electron chi connectivity index (χ0n) is 11.4. The Bertz CT molecular complexity index is 484. The van der Waals surface area contributed by atoms with Gasteiger partial charge in [-0.25, -0.2) is 4.98 Å². The summed E-state index contributed by atoms with van der Waals surface area (Å²) in [6, 6.07) is 2.31. The van der Waals surface area contributed by atoms with E-state index in [1.54, 1.807) is 6.20 Å². The molecule has 0 radical (unpaired) electrons. The van der Waals surface area contributed by atoms with Crippen molar-refractivity contribution in [1.82, 2.24) is 4.98 Å². The summed E-state index contributed by atoms with van der Waals surface area (Å²) in [6.07, 6.45) is 5.73. The normalized spacial score (nSPS) is 22.4. The topological polar surface area (TPSA) is 34.6 Å². The third-order valence-electron chi connectivity index (χ3n) is 4.20. The van der Waals surface area contributed by atoms with Gasteiger partial charge < -0.3 is 14.4 Å². The number of ether oxygens (including phenoxy) is 2. The van der Waals surface area contributed by atoms with Gasteiger partial charge in [-0.3, -0.25) is 0 Å². The molecule has 110 valence electrons. The van der Waals surface area contributed by atoms with Crippen molar-refractivity contribution in [3.8, 4) is 0 Å². The van der Waals surface area contributed by atoms with Crippen LogP contribution in [0.3, 0.4) is 0 Å². The summed E-state index contributed by atoms with van der Waals surface area (Å²) in [5, 5.41) is 0.676. The summed E-state index contributed by atoms with van der Waals surface area (Å²) in [5.74, 6) is 0.526. The van der Waals surface area contributed by atoms with E-state index in [1.807, 2.05) is 6.07 Å². The molecule has 0 atom stereocenters. The molecule has 1 saturated carbocycles. The van der Waals surface area contributed by atoms with E-state index in [0.717, 1.165) is 49.2 Å². The van der Waals surface area contributed by atoms with E-state index >= 15 is 0 Å². The molecule has 1 aromatic rings. The standard InChI is InChI=1S/C14H18BrClN2O2/c1-18(13-12(16)8-10(15)9-17-13)11-2-4-14(5-3-11)19-6-7-20-14/h8-9,11H,2-7H2,1H3. The second-order valence-electron chi connectivity index (χ2n) is 5.41. The van der Waals surface area contributed by atoms with Crippen LogP contribution in [0, 0.1) is 0 Å². The van der Waals surface area contributed by atoms with Gasteiger partial charge in [0, 0.05) is 36.6 Å². The summed E-state index contributed by atoms with van der Waals surface area (Å²) in [4.78, 5) is 6.60. The highest BCUT2D eigenvalue weighted by Gasteiger charge is 2.41. The molecule has 3 rings (SSSR count). The number of rotatable bonds is 2. The lowest BCUT2D eigenvalue weighted by Gasteiger charge is -2.39. The van der Waals surface area contributed by atoms with Crippen LogP contribution in [0.25, 0.3) is 0 Å². The molecule has 0 unspecified atom stereocenters. The van der Waals surface area contributed by atoms with Gasteiger partial charge in [0.15, 0.2) is 5.79 Å². The van der Waals surface area contributed by atoms with E-state index < -0.39 is 0 Å². The van der Waals surface area contributed by atoms with Gasteiger partial charge in [-0.2, -0.15) is 0 Å². The fraction of sp³-hybridized carbons (Fsp3) is 0.643. The lowest BCUT2D eigenvalue weighted by atomic mass is 9.89. The van der Waals surface area contributed by atoms with Crippen molar-refractivity contribution in [2.75, 3.05) is 25.2 Å². The highest BCUT2D eigenvalue weighted by Crippen LogP contribution is 2.38. The lowest BCUT2D eigenvalue weighted by Crippen LogP contribution is -2.43. The molecule has 0 N–H and O–H groups in total. The predicted molar refractivity (Wildman–Crippen MR) is 82.2 cm³/mol. The van der Waals surface area contributed by atoms with Crippen LogP contribution in [-0.4, -0.2) is 37.1 Å². The maximum absolute atomic E-state index is 6.28. The summed E-state index contributed by atoms with van der Waals surface area (Å²) >= 11 is 9.66. The summed E-state index contributed by atoms with van der Waals surface area (Å²) in [7, 11) is 2.06. The van der Waals surface area contributed by atoms with E-state index in [0.29, 0.717) is 11.1 Å². The number of nitrogens with zero attached hydrogens (tertiary/aromatic N) is 2. The first-order valence-corrected chi connectivity index (χ1v) is 8.08. The van der Waals surface area contributed by atoms with E-state index in [1.165, 1.54) is 0 Å². The second kappa shape index (κ2) is 5.79. The Morgan fingerprint density at radius 3 is 2.60 bits per heavy atom. The zero-order valence-corrected chi connectivity index (χ0v) is 13.8. The minimum atomic E-state index is -0.311. The monoisotopic (exact) mass is 360 g/mol. The highest BCUT2D eigenvalue weighted by atomic mass is 79.9. The number of halogens is 2. The van der Waals surface area contributed by atoms with Crippen LogP contribution in [0.15, 0.2) is 16.7 Å². The molecule has 1 saturated heterocycles. The van der Waals surface area contributed by atoms with Crippen LogP contribution >= 0.6 is 27.5 Å².